The highest BCUT2D eigenvalue weighted by Crippen LogP contribution is 2.17. The number of ether oxygens (including phenoxy) is 3. The molecule has 1 atom stereocenters. The van der Waals surface area contributed by atoms with Gasteiger partial charge >= 0.3 is 0 Å². The summed E-state index contributed by atoms with van der Waals surface area (Å²) in [6, 6.07) is 0. The van der Waals surface area contributed by atoms with Crippen molar-refractivity contribution in [2.45, 2.75) is 59.4 Å². The lowest BCUT2D eigenvalue weighted by Gasteiger charge is -2.29. The summed E-state index contributed by atoms with van der Waals surface area (Å²) in [6.45, 7) is 11.6. The largest absolute Gasteiger partial charge is 0.377 e. The molecule has 2 amide bonds. The van der Waals surface area contributed by atoms with Crippen LogP contribution in [-0.2, 0) is 23.8 Å². The van der Waals surface area contributed by atoms with Crippen LogP contribution in [0.4, 0.5) is 4.39 Å². The number of hydrogen-bond acceptors (Lipinski definition) is 5. The lowest BCUT2D eigenvalue weighted by atomic mass is 10.0. The number of rotatable bonds is 14. The van der Waals surface area contributed by atoms with Crippen LogP contribution in [0.15, 0.2) is 0 Å². The molecule has 26 heavy (non-hydrogen) atoms. The Morgan fingerprint density at radius 2 is 1.69 bits per heavy atom. The predicted octanol–water partition coefficient (Wildman–Crippen LogP) is 1.45. The van der Waals surface area contributed by atoms with Gasteiger partial charge in [0.1, 0.15) is 12.8 Å². The molecule has 7 nitrogen and oxygen atoms in total. The maximum absolute atomic E-state index is 14.2. The van der Waals surface area contributed by atoms with Crippen LogP contribution in [0.5, 0.6) is 0 Å². The van der Waals surface area contributed by atoms with Crippen LogP contribution >= 0.6 is 0 Å². The van der Waals surface area contributed by atoms with Crippen LogP contribution in [0.2, 0.25) is 0 Å². The van der Waals surface area contributed by atoms with Gasteiger partial charge in [-0.05, 0) is 27.7 Å². The monoisotopic (exact) mass is 378 g/mol. The molecule has 0 aliphatic carbocycles. The first kappa shape index (κ1) is 24.8. The highest BCUT2D eigenvalue weighted by atomic mass is 19.1. The van der Waals surface area contributed by atoms with E-state index in [4.69, 9.17) is 14.2 Å². The van der Waals surface area contributed by atoms with E-state index in [0.717, 1.165) is 0 Å². The van der Waals surface area contributed by atoms with Crippen LogP contribution in [0.25, 0.3) is 0 Å². The van der Waals surface area contributed by atoms with E-state index in [1.807, 2.05) is 13.8 Å². The molecule has 0 aromatic heterocycles. The smallest absolute Gasteiger partial charge is 0.246 e. The van der Waals surface area contributed by atoms with Crippen molar-refractivity contribution >= 4 is 11.8 Å². The molecule has 8 heteroatoms. The Balaban J connectivity index is 3.78. The normalized spacial score (nSPS) is 13.1. The van der Waals surface area contributed by atoms with E-state index in [9.17, 15) is 14.0 Å². The summed E-state index contributed by atoms with van der Waals surface area (Å²) in [5.74, 6) is -0.562. The Morgan fingerprint density at radius 1 is 1.04 bits per heavy atom. The van der Waals surface area contributed by atoms with Gasteiger partial charge in [0.25, 0.3) is 0 Å². The molecule has 0 saturated heterocycles. The number of carbonyl (C=O) groups is 2. The molecule has 0 fully saturated rings. The molecule has 0 aromatic carbocycles. The molecular weight excluding hydrogens is 343 g/mol. The second-order valence-electron chi connectivity index (χ2n) is 7.14. The zero-order valence-corrected chi connectivity index (χ0v) is 16.9. The lowest BCUT2D eigenvalue weighted by Crippen LogP contribution is -2.45. The molecule has 154 valence electrons. The maximum Gasteiger partial charge on any atom is 0.246 e. The van der Waals surface area contributed by atoms with Crippen molar-refractivity contribution in [2.24, 2.45) is 5.92 Å². The van der Waals surface area contributed by atoms with Crippen LogP contribution in [-0.4, -0.2) is 69.2 Å². The molecule has 0 bridgehead atoms. The van der Waals surface area contributed by atoms with Crippen LogP contribution < -0.4 is 10.6 Å². The van der Waals surface area contributed by atoms with Gasteiger partial charge in [-0.25, -0.2) is 4.39 Å². The SMILES string of the molecule is CC(C)OCC(=O)NCCOCCOC(C)(C)C(F)CNC(=O)C(C)C. The van der Waals surface area contributed by atoms with Gasteiger partial charge in [0.05, 0.1) is 38.1 Å². The van der Waals surface area contributed by atoms with E-state index >= 15 is 0 Å². The number of carbonyl (C=O) groups excluding carboxylic acids is 2. The Bertz CT molecular complexity index is 416. The standard InChI is InChI=1S/C18H35FN2O5/c1-13(2)17(23)21-11-15(19)18(5,6)26-10-9-24-8-7-20-16(22)12-25-14(3)4/h13-15H,7-12H2,1-6H3,(H,20,22)(H,21,23). The predicted molar refractivity (Wildman–Crippen MR) is 97.7 cm³/mol. The van der Waals surface area contributed by atoms with Crippen LogP contribution in [0.3, 0.4) is 0 Å². The minimum absolute atomic E-state index is 0.00975. The van der Waals surface area contributed by atoms with Crippen molar-refractivity contribution in [1.82, 2.24) is 10.6 Å². The van der Waals surface area contributed by atoms with Crippen LogP contribution in [0.1, 0.15) is 41.5 Å². The molecule has 0 aliphatic rings. The zero-order chi connectivity index (χ0) is 20.2. The first-order valence-electron chi connectivity index (χ1n) is 9.08. The van der Waals surface area contributed by atoms with Crippen LogP contribution in [0, 0.1) is 5.92 Å². The average Bonchev–Trinajstić information content (AvgIpc) is 2.56. The van der Waals surface area contributed by atoms with Crippen molar-refractivity contribution in [3.8, 4) is 0 Å². The first-order chi connectivity index (χ1) is 12.1. The van der Waals surface area contributed by atoms with Gasteiger partial charge in [-0.2, -0.15) is 0 Å². The van der Waals surface area contributed by atoms with Crippen molar-refractivity contribution in [3.05, 3.63) is 0 Å². The van der Waals surface area contributed by atoms with E-state index in [-0.39, 0.29) is 50.2 Å². The molecule has 0 saturated carbocycles. The van der Waals surface area contributed by atoms with Crippen molar-refractivity contribution in [1.29, 1.82) is 0 Å². The number of hydrogen-bond donors (Lipinski definition) is 2. The van der Waals surface area contributed by atoms with Crippen molar-refractivity contribution < 1.29 is 28.2 Å². The topological polar surface area (TPSA) is 85.9 Å². The molecule has 0 heterocycles. The number of halogens is 1. The lowest BCUT2D eigenvalue weighted by molar-refractivity contribution is -0.127. The summed E-state index contributed by atoms with van der Waals surface area (Å²) in [4.78, 5) is 22.9. The Kier molecular flexibility index (Phi) is 12.4. The zero-order valence-electron chi connectivity index (χ0n) is 16.9. The molecule has 0 aromatic rings. The summed E-state index contributed by atoms with van der Waals surface area (Å²) in [7, 11) is 0. The quantitative estimate of drug-likeness (QED) is 0.447. The summed E-state index contributed by atoms with van der Waals surface area (Å²) in [5.41, 5.74) is -1.03. The number of amides is 2. The third kappa shape index (κ3) is 12.2. The minimum Gasteiger partial charge on any atom is -0.377 e. The van der Waals surface area contributed by atoms with Gasteiger partial charge in [-0.1, -0.05) is 13.8 Å². The second-order valence-corrected chi connectivity index (χ2v) is 7.14. The molecule has 1 unspecified atom stereocenters. The van der Waals surface area contributed by atoms with Gasteiger partial charge in [0.2, 0.25) is 11.8 Å². The molecule has 0 aliphatic heterocycles. The summed E-state index contributed by atoms with van der Waals surface area (Å²) >= 11 is 0. The van der Waals surface area contributed by atoms with Gasteiger partial charge in [-0.3, -0.25) is 9.59 Å². The average molecular weight is 378 g/mol. The van der Waals surface area contributed by atoms with Gasteiger partial charge in [0, 0.05) is 12.5 Å². The molecule has 0 radical (unpaired) electrons. The summed E-state index contributed by atoms with van der Waals surface area (Å²) in [6.07, 6.45) is -1.32. The summed E-state index contributed by atoms with van der Waals surface area (Å²) in [5, 5.41) is 5.23. The molecule has 2 N–H and O–H groups in total. The fourth-order valence-corrected chi connectivity index (χ4v) is 1.75. The second kappa shape index (κ2) is 13.0. The van der Waals surface area contributed by atoms with Gasteiger partial charge in [0.15, 0.2) is 0 Å². The third-order valence-corrected chi connectivity index (χ3v) is 3.55. The number of nitrogens with one attached hydrogen (secondary N) is 2. The highest BCUT2D eigenvalue weighted by Gasteiger charge is 2.30. The molecular formula is C18H35FN2O5. The Hall–Kier alpha value is -1.25. The molecule has 0 rings (SSSR count). The van der Waals surface area contributed by atoms with Gasteiger partial charge in [-0.15, -0.1) is 0 Å². The van der Waals surface area contributed by atoms with E-state index in [0.29, 0.717) is 13.2 Å². The Morgan fingerprint density at radius 3 is 2.27 bits per heavy atom. The number of alkyl halides is 1. The van der Waals surface area contributed by atoms with E-state index in [2.05, 4.69) is 10.6 Å². The maximum atomic E-state index is 14.2. The first-order valence-corrected chi connectivity index (χ1v) is 9.08. The van der Waals surface area contributed by atoms with Crippen molar-refractivity contribution in [3.63, 3.8) is 0 Å². The fraction of sp³-hybridized carbons (Fsp3) is 0.889. The third-order valence-electron chi connectivity index (χ3n) is 3.55. The fourth-order valence-electron chi connectivity index (χ4n) is 1.75. The minimum atomic E-state index is -1.33. The van der Waals surface area contributed by atoms with E-state index in [1.165, 1.54) is 0 Å². The van der Waals surface area contributed by atoms with E-state index < -0.39 is 11.8 Å². The highest BCUT2D eigenvalue weighted by molar-refractivity contribution is 5.77. The molecule has 0 spiro atoms. The van der Waals surface area contributed by atoms with Gasteiger partial charge < -0.3 is 24.8 Å². The van der Waals surface area contributed by atoms with Crippen molar-refractivity contribution in [2.75, 3.05) is 39.5 Å². The van der Waals surface area contributed by atoms with E-state index in [1.54, 1.807) is 27.7 Å². The Labute approximate surface area is 156 Å². The summed E-state index contributed by atoms with van der Waals surface area (Å²) < 4.78 is 30.2.